The van der Waals surface area contributed by atoms with Gasteiger partial charge in [0.25, 0.3) is 11.8 Å². The van der Waals surface area contributed by atoms with Crippen LogP contribution in [0.2, 0.25) is 10.0 Å². The number of anilines is 2. The Labute approximate surface area is 229 Å². The van der Waals surface area contributed by atoms with E-state index in [-0.39, 0.29) is 40.3 Å². The first-order chi connectivity index (χ1) is 17.7. The summed E-state index contributed by atoms with van der Waals surface area (Å²) in [6.07, 6.45) is 1.44. The van der Waals surface area contributed by atoms with Crippen molar-refractivity contribution in [3.63, 3.8) is 0 Å². The van der Waals surface area contributed by atoms with Crippen LogP contribution in [0.1, 0.15) is 29.8 Å². The Morgan fingerprint density at radius 1 is 1.03 bits per heavy atom. The number of hydrogen-bond donors (Lipinski definition) is 1. The van der Waals surface area contributed by atoms with Crippen molar-refractivity contribution in [1.82, 2.24) is 9.88 Å². The Hall–Kier alpha value is -3.28. The molecule has 13 heteroatoms. The van der Waals surface area contributed by atoms with E-state index in [0.29, 0.717) is 15.6 Å². The van der Waals surface area contributed by atoms with Crippen molar-refractivity contribution >= 4 is 64.3 Å². The molecule has 0 spiro atoms. The van der Waals surface area contributed by atoms with Crippen LogP contribution in [0.4, 0.5) is 29.5 Å². The van der Waals surface area contributed by atoms with Crippen molar-refractivity contribution in [2.75, 3.05) is 10.2 Å². The summed E-state index contributed by atoms with van der Waals surface area (Å²) in [5.41, 5.74) is -4.74. The summed E-state index contributed by atoms with van der Waals surface area (Å²) in [7, 11) is 0. The molecule has 3 aromatic rings. The van der Waals surface area contributed by atoms with Crippen LogP contribution in [0.3, 0.4) is 0 Å². The number of pyridine rings is 1. The van der Waals surface area contributed by atoms with Crippen molar-refractivity contribution in [3.05, 3.63) is 82.0 Å². The number of nitrogens with one attached hydrogen (secondary N) is 1. The quantitative estimate of drug-likeness (QED) is 0.250. The number of benzene rings is 2. The van der Waals surface area contributed by atoms with Gasteiger partial charge in [-0.05, 0) is 85.8 Å². The van der Waals surface area contributed by atoms with Gasteiger partial charge in [-0.25, -0.2) is 14.7 Å². The van der Waals surface area contributed by atoms with Crippen molar-refractivity contribution in [2.24, 2.45) is 0 Å². The lowest BCUT2D eigenvalue weighted by Gasteiger charge is -2.27. The predicted octanol–water partition coefficient (Wildman–Crippen LogP) is 7.00. The van der Waals surface area contributed by atoms with Crippen LogP contribution in [-0.4, -0.2) is 38.8 Å². The van der Waals surface area contributed by atoms with Gasteiger partial charge < -0.3 is 10.2 Å². The summed E-state index contributed by atoms with van der Waals surface area (Å²) >= 11 is 11.6. The first-order valence-electron chi connectivity index (χ1n) is 11.0. The molecule has 38 heavy (non-hydrogen) atoms. The molecule has 1 aliphatic rings. The van der Waals surface area contributed by atoms with Gasteiger partial charge in [0, 0.05) is 33.2 Å². The summed E-state index contributed by atoms with van der Waals surface area (Å²) in [5, 5.41) is 3.23. The number of amides is 4. The van der Waals surface area contributed by atoms with E-state index in [2.05, 4.69) is 10.3 Å². The summed E-state index contributed by atoms with van der Waals surface area (Å²) < 4.78 is 37.9. The van der Waals surface area contributed by atoms with E-state index >= 15 is 0 Å². The monoisotopic (exact) mass is 582 g/mol. The summed E-state index contributed by atoms with van der Waals surface area (Å²) in [4.78, 5) is 45.4. The van der Waals surface area contributed by atoms with Crippen molar-refractivity contribution in [1.29, 1.82) is 0 Å². The molecule has 0 bridgehead atoms. The summed E-state index contributed by atoms with van der Waals surface area (Å²) in [6.45, 7) is 3.16. The normalized spacial score (nSPS) is 15.2. The van der Waals surface area contributed by atoms with Gasteiger partial charge in [-0.15, -0.1) is 0 Å². The van der Waals surface area contributed by atoms with Gasteiger partial charge >= 0.3 is 11.5 Å². The van der Waals surface area contributed by atoms with Gasteiger partial charge in [-0.2, -0.15) is 13.2 Å². The smallest absolute Gasteiger partial charge is 0.307 e. The first kappa shape index (κ1) is 27.7. The topological polar surface area (TPSA) is 82.6 Å². The number of hydrogen-bond acceptors (Lipinski definition) is 5. The number of aromatic nitrogens is 1. The lowest BCUT2D eigenvalue weighted by atomic mass is 10.0. The minimum atomic E-state index is -4.45. The lowest BCUT2D eigenvalue weighted by Crippen LogP contribution is -2.43. The Balaban J connectivity index is 1.52. The molecule has 198 valence electrons. The molecule has 2 aromatic carbocycles. The zero-order valence-corrected chi connectivity index (χ0v) is 22.2. The van der Waals surface area contributed by atoms with E-state index in [9.17, 15) is 27.6 Å². The van der Waals surface area contributed by atoms with Gasteiger partial charge in [-0.1, -0.05) is 23.2 Å². The Morgan fingerprint density at radius 2 is 1.66 bits per heavy atom. The molecule has 2 heterocycles. The molecular formula is C25H19Cl2F3N4O3S. The minimum absolute atomic E-state index is 0.00443. The minimum Gasteiger partial charge on any atom is -0.307 e. The highest BCUT2D eigenvalue weighted by molar-refractivity contribution is 8.00. The molecule has 7 nitrogen and oxygen atoms in total. The summed E-state index contributed by atoms with van der Waals surface area (Å²) in [5.74, 6) is -0.821. The number of carbonyl (C=O) groups excluding carboxylic acids is 3. The second-order valence-corrected chi connectivity index (χ2v) is 10.8. The highest BCUT2D eigenvalue weighted by Gasteiger charge is 2.51. The van der Waals surface area contributed by atoms with Crippen LogP contribution in [0.15, 0.2) is 65.7 Å². The van der Waals surface area contributed by atoms with E-state index in [1.807, 2.05) is 0 Å². The van der Waals surface area contributed by atoms with Gasteiger partial charge in [0.2, 0.25) is 0 Å². The Morgan fingerprint density at radius 3 is 2.26 bits per heavy atom. The van der Waals surface area contributed by atoms with Gasteiger partial charge in [0.05, 0.1) is 5.69 Å². The molecule has 4 rings (SSSR count). The molecule has 0 unspecified atom stereocenters. The first-order valence-corrected chi connectivity index (χ1v) is 12.6. The zero-order valence-electron chi connectivity index (χ0n) is 19.8. The maximum absolute atomic E-state index is 13.3. The van der Waals surface area contributed by atoms with Crippen LogP contribution >= 0.6 is 35.0 Å². The van der Waals surface area contributed by atoms with Crippen molar-refractivity contribution < 1.29 is 27.6 Å². The maximum atomic E-state index is 13.3. The number of carbonyl (C=O) groups is 3. The fraction of sp³-hybridized carbons (Fsp3) is 0.200. The standard InChI is InChI=1S/C25H19Cl2F3N4O3S/c1-24(2)22(36)34(18-3-5-19(6-4-18)38-25(28,29)30)23(37)33(24)13-14-7-8-31-20(9-14)32-21(35)15-10-16(26)12-17(27)11-15/h3-12H,13H2,1-2H3,(H,31,32,35). The number of nitrogens with zero attached hydrogens (tertiary/aromatic N) is 3. The van der Waals surface area contributed by atoms with Gasteiger partial charge in [0.15, 0.2) is 0 Å². The Bertz CT molecular complexity index is 1400. The van der Waals surface area contributed by atoms with Gasteiger partial charge in [-0.3, -0.25) is 9.59 Å². The maximum Gasteiger partial charge on any atom is 0.446 e. The fourth-order valence-corrected chi connectivity index (χ4v) is 4.89. The lowest BCUT2D eigenvalue weighted by molar-refractivity contribution is -0.123. The SMILES string of the molecule is CC1(C)C(=O)N(c2ccc(SC(F)(F)F)cc2)C(=O)N1Cc1ccnc(NC(=O)c2cc(Cl)cc(Cl)c2)c1. The van der Waals surface area contributed by atoms with E-state index in [1.54, 1.807) is 26.0 Å². The molecule has 0 atom stereocenters. The molecule has 4 amide bonds. The van der Waals surface area contributed by atoms with Crippen molar-refractivity contribution in [3.8, 4) is 0 Å². The van der Waals surface area contributed by atoms with E-state index < -0.39 is 28.9 Å². The molecule has 1 saturated heterocycles. The molecule has 1 N–H and O–H groups in total. The third kappa shape index (κ3) is 6.06. The second kappa shape index (κ2) is 10.5. The number of thioether (sulfide) groups is 1. The highest BCUT2D eigenvalue weighted by atomic mass is 35.5. The van der Waals surface area contributed by atoms with Gasteiger partial charge in [0.1, 0.15) is 11.4 Å². The largest absolute Gasteiger partial charge is 0.446 e. The van der Waals surface area contributed by atoms with Crippen LogP contribution in [0.5, 0.6) is 0 Å². The summed E-state index contributed by atoms with van der Waals surface area (Å²) in [6, 6.07) is 12.0. The molecule has 0 aliphatic carbocycles. The van der Waals surface area contributed by atoms with Crippen LogP contribution in [-0.2, 0) is 11.3 Å². The molecule has 0 radical (unpaired) electrons. The second-order valence-electron chi connectivity index (χ2n) is 8.77. The van der Waals surface area contributed by atoms with E-state index in [0.717, 1.165) is 4.90 Å². The Kier molecular flexibility index (Phi) is 7.64. The molecule has 1 aromatic heterocycles. The molecule has 1 aliphatic heterocycles. The molecule has 0 saturated carbocycles. The average Bonchev–Trinajstić information content (AvgIpc) is 2.98. The fourth-order valence-electron chi connectivity index (χ4n) is 3.82. The predicted molar refractivity (Wildman–Crippen MR) is 140 cm³/mol. The van der Waals surface area contributed by atoms with E-state index in [4.69, 9.17) is 23.2 Å². The number of rotatable bonds is 6. The number of halogens is 5. The molecular weight excluding hydrogens is 564 g/mol. The average molecular weight is 583 g/mol. The van der Waals surface area contributed by atoms with Crippen LogP contribution in [0, 0.1) is 0 Å². The number of urea groups is 1. The third-order valence-electron chi connectivity index (χ3n) is 5.68. The number of alkyl halides is 3. The molecule has 1 fully saturated rings. The number of imide groups is 1. The highest BCUT2D eigenvalue weighted by Crippen LogP contribution is 2.39. The van der Waals surface area contributed by atoms with Crippen molar-refractivity contribution in [2.45, 2.75) is 36.3 Å². The van der Waals surface area contributed by atoms with E-state index in [1.165, 1.54) is 53.6 Å². The zero-order chi connectivity index (χ0) is 27.8. The third-order valence-corrected chi connectivity index (χ3v) is 6.86. The van der Waals surface area contributed by atoms with Crippen LogP contribution < -0.4 is 10.2 Å². The van der Waals surface area contributed by atoms with Crippen LogP contribution in [0.25, 0.3) is 0 Å².